The van der Waals surface area contributed by atoms with E-state index in [1.54, 1.807) is 64.1 Å². The number of nitrogens with two attached hydrogens (primary N) is 1. The highest BCUT2D eigenvalue weighted by atomic mass is 32.2. The number of nitrogens with one attached hydrogen (secondary N) is 2. The van der Waals surface area contributed by atoms with Crippen molar-refractivity contribution in [2.75, 3.05) is 19.4 Å². The number of nitrogen functional groups attached to an aromatic ring is 1. The molecule has 45 heavy (non-hydrogen) atoms. The predicted molar refractivity (Wildman–Crippen MR) is 171 cm³/mol. The molecule has 234 valence electrons. The van der Waals surface area contributed by atoms with Crippen molar-refractivity contribution in [3.8, 4) is 22.9 Å². The largest absolute Gasteiger partial charge is 0.494 e. The number of hydrogen-bond donors (Lipinski definition) is 3. The number of aromatic nitrogens is 2. The summed E-state index contributed by atoms with van der Waals surface area (Å²) in [6.45, 7) is 14.8. The Bertz CT molecular complexity index is 1640. The molecule has 0 aliphatic carbocycles. The lowest BCUT2D eigenvalue weighted by molar-refractivity contribution is -0.120. The molecule has 0 radical (unpaired) electrons. The number of alkyl carbamates (subject to hydrolysis) is 1. The standard InChI is InChI=1S/C32H35N7O5S/c1-19(38-31(42)44-32(2,3)4)25(40)8-7-15-43-22-11-9-21(10-12-22)26-23(17-33)30(39-28(34)27(26)35-5)45-18-20-13-14-37-24(16-20)29(41)36-6/h9-14,16,19H,7-8,15,18H2,1-4,6H3,(H2,34,39)(H,36,41)(H,38,42)/t19-/m0/s1. The minimum Gasteiger partial charge on any atom is -0.494 e. The van der Waals surface area contributed by atoms with E-state index in [0.29, 0.717) is 34.1 Å². The van der Waals surface area contributed by atoms with Gasteiger partial charge in [0.2, 0.25) is 5.69 Å². The molecular formula is C32H35N7O5S. The Morgan fingerprint density at radius 1 is 1.20 bits per heavy atom. The van der Waals surface area contributed by atoms with Crippen LogP contribution in [0.25, 0.3) is 16.0 Å². The molecule has 2 amide bonds. The van der Waals surface area contributed by atoms with Crippen LogP contribution in [-0.4, -0.2) is 53.0 Å². The van der Waals surface area contributed by atoms with Crippen molar-refractivity contribution >= 4 is 41.1 Å². The van der Waals surface area contributed by atoms with Crippen molar-refractivity contribution < 1.29 is 23.9 Å². The van der Waals surface area contributed by atoms with Gasteiger partial charge in [-0.1, -0.05) is 12.1 Å². The van der Waals surface area contributed by atoms with Gasteiger partial charge in [0.25, 0.3) is 5.91 Å². The lowest BCUT2D eigenvalue weighted by Gasteiger charge is -2.21. The van der Waals surface area contributed by atoms with Gasteiger partial charge in [-0.2, -0.15) is 5.26 Å². The van der Waals surface area contributed by atoms with Gasteiger partial charge in [0.1, 0.15) is 34.0 Å². The van der Waals surface area contributed by atoms with Crippen LogP contribution in [0.1, 0.15) is 62.2 Å². The molecule has 3 rings (SSSR count). The Balaban J connectivity index is 1.68. The number of anilines is 1. The summed E-state index contributed by atoms with van der Waals surface area (Å²) < 4.78 is 11.0. The Kier molecular flexibility index (Phi) is 11.9. The van der Waals surface area contributed by atoms with Crippen LogP contribution in [0.5, 0.6) is 5.75 Å². The summed E-state index contributed by atoms with van der Waals surface area (Å²) in [7, 11) is 1.52. The van der Waals surface area contributed by atoms with Crippen molar-refractivity contribution in [2.24, 2.45) is 0 Å². The number of pyridine rings is 2. The van der Waals surface area contributed by atoms with Crippen molar-refractivity contribution in [3.63, 3.8) is 0 Å². The van der Waals surface area contributed by atoms with Crippen molar-refractivity contribution in [2.45, 2.75) is 63.0 Å². The number of amides is 2. The van der Waals surface area contributed by atoms with E-state index in [2.05, 4.69) is 31.5 Å². The van der Waals surface area contributed by atoms with E-state index in [9.17, 15) is 19.6 Å². The SMILES string of the molecule is [C-]#[N+]c1c(N)nc(SCc2ccnc(C(=O)NC)c2)c(C#N)c1-c1ccc(OCCCC(=O)[C@H](C)NC(=O)OC(C)(C)C)cc1. The minimum absolute atomic E-state index is 0.00246. The highest BCUT2D eigenvalue weighted by Gasteiger charge is 2.22. The smallest absolute Gasteiger partial charge is 0.408 e. The topological polar surface area (TPSA) is 174 Å². The second-order valence-electron chi connectivity index (χ2n) is 10.9. The molecule has 0 saturated carbocycles. The Morgan fingerprint density at radius 2 is 1.91 bits per heavy atom. The van der Waals surface area contributed by atoms with Gasteiger partial charge in [-0.05, 0) is 69.5 Å². The van der Waals surface area contributed by atoms with Crippen LogP contribution in [-0.2, 0) is 15.3 Å². The van der Waals surface area contributed by atoms with E-state index in [1.165, 1.54) is 25.0 Å². The van der Waals surface area contributed by atoms with Gasteiger partial charge >= 0.3 is 6.09 Å². The van der Waals surface area contributed by atoms with Crippen LogP contribution in [0.2, 0.25) is 0 Å². The molecule has 0 aliphatic heterocycles. The average Bonchev–Trinajstić information content (AvgIpc) is 3.00. The molecule has 1 aromatic carbocycles. The van der Waals surface area contributed by atoms with Gasteiger partial charge in [-0.3, -0.25) is 14.6 Å². The second-order valence-corrected chi connectivity index (χ2v) is 11.8. The maximum Gasteiger partial charge on any atom is 0.408 e. The van der Waals surface area contributed by atoms with Crippen molar-refractivity contribution in [3.05, 3.63) is 70.8 Å². The summed E-state index contributed by atoms with van der Waals surface area (Å²) in [6.07, 6.45) is 1.53. The van der Waals surface area contributed by atoms with Crippen LogP contribution in [0, 0.1) is 17.9 Å². The second kappa shape index (κ2) is 15.5. The Hall–Kier alpha value is -5.14. The zero-order chi connectivity index (χ0) is 33.1. The summed E-state index contributed by atoms with van der Waals surface area (Å²) in [6, 6.07) is 11.8. The van der Waals surface area contributed by atoms with Crippen molar-refractivity contribution in [1.82, 2.24) is 20.6 Å². The molecular weight excluding hydrogens is 594 g/mol. The predicted octanol–water partition coefficient (Wildman–Crippen LogP) is 5.44. The number of nitrogens with zero attached hydrogens (tertiary/aromatic N) is 4. The summed E-state index contributed by atoms with van der Waals surface area (Å²) in [5.41, 5.74) is 7.81. The van der Waals surface area contributed by atoms with Crippen LogP contribution < -0.4 is 21.1 Å². The summed E-state index contributed by atoms with van der Waals surface area (Å²) >= 11 is 1.26. The average molecular weight is 630 g/mol. The summed E-state index contributed by atoms with van der Waals surface area (Å²) in [4.78, 5) is 48.2. The zero-order valence-electron chi connectivity index (χ0n) is 25.8. The number of carbonyl (C=O) groups excluding carboxylic acids is 3. The number of hydrogen-bond acceptors (Lipinski definition) is 10. The van der Waals surface area contributed by atoms with Gasteiger partial charge in [0.15, 0.2) is 5.78 Å². The normalized spacial score (nSPS) is 11.4. The number of benzene rings is 1. The molecule has 4 N–H and O–H groups in total. The quantitative estimate of drug-likeness (QED) is 0.133. The molecule has 3 aromatic rings. The fourth-order valence-corrected chi connectivity index (χ4v) is 5.02. The number of ketones is 1. The van der Waals surface area contributed by atoms with Gasteiger partial charge in [0, 0.05) is 31.0 Å². The number of carbonyl (C=O) groups is 3. The lowest BCUT2D eigenvalue weighted by Crippen LogP contribution is -2.41. The third kappa shape index (κ3) is 9.68. The van der Waals surface area contributed by atoms with E-state index >= 15 is 0 Å². The Morgan fingerprint density at radius 3 is 2.53 bits per heavy atom. The van der Waals surface area contributed by atoms with Gasteiger partial charge in [0.05, 0.1) is 24.8 Å². The van der Waals surface area contributed by atoms with E-state index in [0.717, 1.165) is 5.56 Å². The molecule has 12 nitrogen and oxygen atoms in total. The third-order valence-corrected chi connectivity index (χ3v) is 7.29. The van der Waals surface area contributed by atoms with E-state index in [1.807, 2.05) is 0 Å². The molecule has 0 saturated heterocycles. The maximum absolute atomic E-state index is 12.4. The van der Waals surface area contributed by atoms with Crippen LogP contribution in [0.4, 0.5) is 16.3 Å². The van der Waals surface area contributed by atoms with Gasteiger partial charge < -0.3 is 25.8 Å². The monoisotopic (exact) mass is 629 g/mol. The van der Waals surface area contributed by atoms with E-state index in [-0.39, 0.29) is 47.5 Å². The molecule has 2 aromatic heterocycles. The van der Waals surface area contributed by atoms with Crippen LogP contribution in [0.15, 0.2) is 47.6 Å². The third-order valence-electron chi connectivity index (χ3n) is 6.24. The first-order chi connectivity index (χ1) is 21.4. The summed E-state index contributed by atoms with van der Waals surface area (Å²) in [5, 5.41) is 15.5. The molecule has 2 heterocycles. The van der Waals surface area contributed by atoms with E-state index < -0.39 is 17.7 Å². The van der Waals surface area contributed by atoms with Gasteiger partial charge in [-0.15, -0.1) is 11.8 Å². The number of ether oxygens (including phenoxy) is 2. The maximum atomic E-state index is 12.4. The number of Topliss-reactive ketones (excluding diaryl/α,β-unsaturated/α-hetero) is 1. The molecule has 0 fully saturated rings. The van der Waals surface area contributed by atoms with Crippen LogP contribution >= 0.6 is 11.8 Å². The molecule has 0 unspecified atom stereocenters. The molecule has 0 bridgehead atoms. The molecule has 1 atom stereocenters. The highest BCUT2D eigenvalue weighted by Crippen LogP contribution is 2.42. The number of rotatable bonds is 12. The lowest BCUT2D eigenvalue weighted by atomic mass is 10.00. The van der Waals surface area contributed by atoms with Gasteiger partial charge in [-0.25, -0.2) is 14.6 Å². The first-order valence-corrected chi connectivity index (χ1v) is 15.0. The number of thioether (sulfide) groups is 1. The minimum atomic E-state index is -0.689. The highest BCUT2D eigenvalue weighted by molar-refractivity contribution is 7.98. The first kappa shape index (κ1) is 34.4. The summed E-state index contributed by atoms with van der Waals surface area (Å²) in [5.74, 6) is 0.470. The van der Waals surface area contributed by atoms with Crippen LogP contribution in [0.3, 0.4) is 0 Å². The van der Waals surface area contributed by atoms with E-state index in [4.69, 9.17) is 21.8 Å². The molecule has 0 aliphatic rings. The fraction of sp³-hybridized carbons (Fsp3) is 0.344. The first-order valence-electron chi connectivity index (χ1n) is 14.0. The Labute approximate surface area is 266 Å². The molecule has 0 spiro atoms. The number of nitriles is 1. The molecule has 13 heteroatoms. The van der Waals surface area contributed by atoms with Crippen molar-refractivity contribution in [1.29, 1.82) is 5.26 Å². The zero-order valence-corrected chi connectivity index (χ0v) is 26.6. The fourth-order valence-electron chi connectivity index (χ4n) is 4.08.